The number of para-hydroxylation sites is 2. The summed E-state index contributed by atoms with van der Waals surface area (Å²) in [7, 11) is 0. The normalized spacial score (nSPS) is 11.3. The van der Waals surface area contributed by atoms with Crippen molar-refractivity contribution in [3.05, 3.63) is 54.1 Å². The molecule has 3 heteroatoms. The average molecular weight is 320 g/mol. The van der Waals surface area contributed by atoms with Gasteiger partial charge in [-0.05, 0) is 24.5 Å². The SMILES string of the molecule is CC(C)CCCCNC(=O)c1c2ccccc2nc2ccccc12. The molecule has 0 radical (unpaired) electrons. The fraction of sp³-hybridized carbons (Fsp3) is 0.333. The second-order valence-corrected chi connectivity index (χ2v) is 6.67. The molecule has 1 heterocycles. The van der Waals surface area contributed by atoms with Crippen molar-refractivity contribution in [3.8, 4) is 0 Å². The first-order chi connectivity index (χ1) is 11.7. The molecule has 0 bridgehead atoms. The Morgan fingerprint density at radius 1 is 0.958 bits per heavy atom. The Morgan fingerprint density at radius 3 is 2.12 bits per heavy atom. The summed E-state index contributed by atoms with van der Waals surface area (Å²) < 4.78 is 0. The van der Waals surface area contributed by atoms with Crippen molar-refractivity contribution in [1.82, 2.24) is 10.3 Å². The lowest BCUT2D eigenvalue weighted by Crippen LogP contribution is -2.25. The van der Waals surface area contributed by atoms with E-state index in [1.807, 2.05) is 48.5 Å². The molecule has 0 fully saturated rings. The molecule has 124 valence electrons. The van der Waals surface area contributed by atoms with Gasteiger partial charge >= 0.3 is 0 Å². The fourth-order valence-corrected chi connectivity index (χ4v) is 3.05. The van der Waals surface area contributed by atoms with Gasteiger partial charge < -0.3 is 5.32 Å². The quantitative estimate of drug-likeness (QED) is 0.516. The first-order valence-electron chi connectivity index (χ1n) is 8.72. The van der Waals surface area contributed by atoms with Crippen LogP contribution in [0.15, 0.2) is 48.5 Å². The summed E-state index contributed by atoms with van der Waals surface area (Å²) in [5, 5.41) is 4.92. The Hall–Kier alpha value is -2.42. The predicted octanol–water partition coefficient (Wildman–Crippen LogP) is 4.94. The molecule has 3 nitrogen and oxygen atoms in total. The molecule has 0 aliphatic carbocycles. The molecular weight excluding hydrogens is 296 g/mol. The number of pyridine rings is 1. The van der Waals surface area contributed by atoms with Gasteiger partial charge in [0.15, 0.2) is 0 Å². The van der Waals surface area contributed by atoms with Crippen LogP contribution < -0.4 is 5.32 Å². The number of fused-ring (bicyclic) bond motifs is 2. The number of hydrogen-bond donors (Lipinski definition) is 1. The van der Waals surface area contributed by atoms with E-state index in [1.54, 1.807) is 0 Å². The molecule has 0 aliphatic heterocycles. The van der Waals surface area contributed by atoms with Gasteiger partial charge in [0.1, 0.15) is 0 Å². The molecule has 0 atom stereocenters. The third kappa shape index (κ3) is 3.56. The summed E-state index contributed by atoms with van der Waals surface area (Å²) in [6.45, 7) is 5.18. The highest BCUT2D eigenvalue weighted by atomic mass is 16.1. The van der Waals surface area contributed by atoms with Crippen LogP contribution in [0.1, 0.15) is 43.5 Å². The van der Waals surface area contributed by atoms with Gasteiger partial charge in [-0.15, -0.1) is 0 Å². The van der Waals surface area contributed by atoms with E-state index in [2.05, 4.69) is 24.1 Å². The van der Waals surface area contributed by atoms with E-state index < -0.39 is 0 Å². The van der Waals surface area contributed by atoms with Crippen molar-refractivity contribution in [2.75, 3.05) is 6.54 Å². The number of nitrogens with zero attached hydrogens (tertiary/aromatic N) is 1. The zero-order valence-corrected chi connectivity index (χ0v) is 14.4. The standard InChI is InChI=1S/C21H24N2O/c1-15(2)9-7-8-14-22-21(24)20-16-10-3-5-12-18(16)23-19-13-6-4-11-17(19)20/h3-6,10-13,15H,7-9,14H2,1-2H3,(H,22,24). The van der Waals surface area contributed by atoms with Gasteiger partial charge in [0.05, 0.1) is 16.6 Å². The number of nitrogens with one attached hydrogen (secondary N) is 1. The molecule has 1 aromatic heterocycles. The van der Waals surface area contributed by atoms with E-state index in [-0.39, 0.29) is 5.91 Å². The molecule has 0 unspecified atom stereocenters. The van der Waals surface area contributed by atoms with Crippen LogP contribution in [0, 0.1) is 5.92 Å². The predicted molar refractivity (Wildman–Crippen MR) is 100 cm³/mol. The number of aromatic nitrogens is 1. The Kier molecular flexibility index (Phi) is 5.09. The Balaban J connectivity index is 1.87. The van der Waals surface area contributed by atoms with Crippen molar-refractivity contribution in [3.63, 3.8) is 0 Å². The largest absolute Gasteiger partial charge is 0.352 e. The molecule has 0 aliphatic rings. The van der Waals surface area contributed by atoms with Gasteiger partial charge in [-0.1, -0.05) is 63.1 Å². The van der Waals surface area contributed by atoms with E-state index in [0.717, 1.165) is 46.8 Å². The van der Waals surface area contributed by atoms with Gasteiger partial charge in [0.25, 0.3) is 5.91 Å². The number of unbranched alkanes of at least 4 members (excludes halogenated alkanes) is 1. The summed E-state index contributed by atoms with van der Waals surface area (Å²) in [6, 6.07) is 15.7. The van der Waals surface area contributed by atoms with Gasteiger partial charge in [-0.25, -0.2) is 4.98 Å². The van der Waals surface area contributed by atoms with Crippen molar-refractivity contribution >= 4 is 27.7 Å². The fourth-order valence-electron chi connectivity index (χ4n) is 3.05. The Labute approximate surface area is 143 Å². The first kappa shape index (κ1) is 16.4. The highest BCUT2D eigenvalue weighted by Gasteiger charge is 2.15. The maximum Gasteiger partial charge on any atom is 0.252 e. The molecule has 2 aromatic carbocycles. The molecule has 3 aromatic rings. The third-order valence-electron chi connectivity index (χ3n) is 4.31. The summed E-state index contributed by atoms with van der Waals surface area (Å²) in [5.41, 5.74) is 2.46. The van der Waals surface area contributed by atoms with Crippen molar-refractivity contribution in [2.24, 2.45) is 5.92 Å². The van der Waals surface area contributed by atoms with Crippen LogP contribution in [0.5, 0.6) is 0 Å². The van der Waals surface area contributed by atoms with Crippen LogP contribution in [0.2, 0.25) is 0 Å². The lowest BCUT2D eigenvalue weighted by Gasteiger charge is -2.11. The van der Waals surface area contributed by atoms with Crippen molar-refractivity contribution < 1.29 is 4.79 Å². The van der Waals surface area contributed by atoms with Gasteiger partial charge in [-0.3, -0.25) is 4.79 Å². The molecule has 1 N–H and O–H groups in total. The van der Waals surface area contributed by atoms with Crippen molar-refractivity contribution in [2.45, 2.75) is 33.1 Å². The summed E-state index contributed by atoms with van der Waals surface area (Å²) in [4.78, 5) is 17.5. The molecule has 0 saturated carbocycles. The number of amides is 1. The molecular formula is C21H24N2O. The minimum Gasteiger partial charge on any atom is -0.352 e. The average Bonchev–Trinajstić information content (AvgIpc) is 2.58. The zero-order chi connectivity index (χ0) is 16.9. The first-order valence-corrected chi connectivity index (χ1v) is 8.72. The topological polar surface area (TPSA) is 42.0 Å². The second-order valence-electron chi connectivity index (χ2n) is 6.67. The molecule has 0 spiro atoms. The van der Waals surface area contributed by atoms with E-state index in [4.69, 9.17) is 0 Å². The highest BCUT2D eigenvalue weighted by molar-refractivity contribution is 6.16. The number of carbonyl (C=O) groups is 1. The lowest BCUT2D eigenvalue weighted by atomic mass is 10.0. The molecule has 24 heavy (non-hydrogen) atoms. The maximum absolute atomic E-state index is 12.8. The third-order valence-corrected chi connectivity index (χ3v) is 4.31. The molecule has 1 amide bonds. The van der Waals surface area contributed by atoms with Gasteiger partial charge in [0, 0.05) is 17.3 Å². The number of benzene rings is 2. The highest BCUT2D eigenvalue weighted by Crippen LogP contribution is 2.25. The van der Waals surface area contributed by atoms with Crippen LogP contribution in [-0.4, -0.2) is 17.4 Å². The van der Waals surface area contributed by atoms with Gasteiger partial charge in [-0.2, -0.15) is 0 Å². The minimum absolute atomic E-state index is 0.00523. The molecule has 0 saturated heterocycles. The summed E-state index contributed by atoms with van der Waals surface area (Å²) in [5.74, 6) is 0.711. The van der Waals surface area contributed by atoms with Crippen LogP contribution >= 0.6 is 0 Å². The number of hydrogen-bond acceptors (Lipinski definition) is 2. The van der Waals surface area contributed by atoms with Crippen LogP contribution in [-0.2, 0) is 0 Å². The smallest absolute Gasteiger partial charge is 0.252 e. The van der Waals surface area contributed by atoms with Gasteiger partial charge in [0.2, 0.25) is 0 Å². The Morgan fingerprint density at radius 2 is 1.54 bits per heavy atom. The lowest BCUT2D eigenvalue weighted by molar-refractivity contribution is 0.0956. The number of rotatable bonds is 6. The minimum atomic E-state index is -0.00523. The van der Waals surface area contributed by atoms with E-state index in [0.29, 0.717) is 5.92 Å². The Bertz CT molecular complexity index is 801. The zero-order valence-electron chi connectivity index (χ0n) is 14.4. The van der Waals surface area contributed by atoms with E-state index in [9.17, 15) is 4.79 Å². The van der Waals surface area contributed by atoms with E-state index in [1.165, 1.54) is 6.42 Å². The second kappa shape index (κ2) is 7.43. The molecule has 3 rings (SSSR count). The maximum atomic E-state index is 12.8. The van der Waals surface area contributed by atoms with Crippen molar-refractivity contribution in [1.29, 1.82) is 0 Å². The van der Waals surface area contributed by atoms with E-state index >= 15 is 0 Å². The van der Waals surface area contributed by atoms with Crippen LogP contribution in [0.25, 0.3) is 21.8 Å². The van der Waals surface area contributed by atoms with Crippen LogP contribution in [0.4, 0.5) is 0 Å². The summed E-state index contributed by atoms with van der Waals surface area (Å²) >= 11 is 0. The number of carbonyl (C=O) groups excluding carboxylic acids is 1. The monoisotopic (exact) mass is 320 g/mol. The van der Waals surface area contributed by atoms with Crippen LogP contribution in [0.3, 0.4) is 0 Å². The summed E-state index contributed by atoms with van der Waals surface area (Å²) in [6.07, 6.45) is 3.37.